The Kier molecular flexibility index (Phi) is 7.09. The van der Waals surface area contributed by atoms with Crippen LogP contribution in [0, 0.1) is 13.8 Å². The molecule has 0 unspecified atom stereocenters. The van der Waals surface area contributed by atoms with Crippen LogP contribution in [0.1, 0.15) is 25.0 Å². The van der Waals surface area contributed by atoms with Gasteiger partial charge in [-0.25, -0.2) is 0 Å². The molecule has 4 nitrogen and oxygen atoms in total. The van der Waals surface area contributed by atoms with E-state index in [-0.39, 0.29) is 12.5 Å². The van der Waals surface area contributed by atoms with Gasteiger partial charge >= 0.3 is 0 Å². The number of rotatable bonds is 8. The summed E-state index contributed by atoms with van der Waals surface area (Å²) in [4.78, 5) is 14.0. The van der Waals surface area contributed by atoms with Gasteiger partial charge in [0.25, 0.3) is 5.91 Å². The highest BCUT2D eigenvalue weighted by Gasteiger charge is 2.07. The maximum absolute atomic E-state index is 11.7. The third-order valence-corrected chi connectivity index (χ3v) is 3.40. The fraction of sp³-hybridized carbons (Fsp3) is 0.562. The number of hydrogen-bond donors (Lipinski definition) is 1. The molecule has 112 valence electrons. The largest absolute Gasteiger partial charge is 0.483 e. The third-order valence-electron chi connectivity index (χ3n) is 3.40. The van der Waals surface area contributed by atoms with Crippen molar-refractivity contribution >= 4 is 5.91 Å². The average molecular weight is 278 g/mol. The number of carbonyl (C=O) groups is 1. The molecular weight excluding hydrogens is 252 g/mol. The smallest absolute Gasteiger partial charge is 0.257 e. The van der Waals surface area contributed by atoms with E-state index in [1.54, 1.807) is 0 Å². The lowest BCUT2D eigenvalue weighted by Gasteiger charge is -2.18. The predicted octanol–water partition coefficient (Wildman–Crippen LogP) is 2.14. The zero-order valence-corrected chi connectivity index (χ0v) is 13.0. The van der Waals surface area contributed by atoms with Crippen LogP contribution in [0.3, 0.4) is 0 Å². The molecule has 0 bridgehead atoms. The van der Waals surface area contributed by atoms with E-state index in [0.717, 1.165) is 36.5 Å². The first kappa shape index (κ1) is 16.5. The summed E-state index contributed by atoms with van der Waals surface area (Å²) in [5.74, 6) is 0.742. The van der Waals surface area contributed by atoms with Crippen LogP contribution in [-0.4, -0.2) is 43.6 Å². The number of ether oxygens (including phenoxy) is 1. The Hall–Kier alpha value is -1.55. The minimum atomic E-state index is -0.0696. The first-order valence-electron chi connectivity index (χ1n) is 7.26. The standard InChI is InChI=1S/C16H26N2O2/c1-5-18(6-2)11-10-17-15(19)12-20-16-13(3)8-7-9-14(16)4/h7-9H,5-6,10-12H2,1-4H3,(H,17,19). The summed E-state index contributed by atoms with van der Waals surface area (Å²) >= 11 is 0. The van der Waals surface area contributed by atoms with Gasteiger partial charge in [-0.1, -0.05) is 32.0 Å². The number of nitrogens with one attached hydrogen (secondary N) is 1. The van der Waals surface area contributed by atoms with Crippen molar-refractivity contribution in [1.29, 1.82) is 0 Å². The van der Waals surface area contributed by atoms with Gasteiger partial charge in [0.15, 0.2) is 6.61 Å². The van der Waals surface area contributed by atoms with Crippen LogP contribution in [0.2, 0.25) is 0 Å². The van der Waals surface area contributed by atoms with E-state index in [9.17, 15) is 4.79 Å². The number of benzene rings is 1. The summed E-state index contributed by atoms with van der Waals surface area (Å²) in [5, 5.41) is 2.89. The minimum absolute atomic E-state index is 0.0696. The number of likely N-dealkylation sites (N-methyl/N-ethyl adjacent to an activating group) is 1. The molecule has 0 aliphatic heterocycles. The van der Waals surface area contributed by atoms with Gasteiger partial charge < -0.3 is 15.0 Å². The molecule has 0 radical (unpaired) electrons. The van der Waals surface area contributed by atoms with E-state index >= 15 is 0 Å². The van der Waals surface area contributed by atoms with Crippen molar-refractivity contribution in [2.45, 2.75) is 27.7 Å². The molecule has 1 amide bonds. The maximum atomic E-state index is 11.7. The molecular formula is C16H26N2O2. The van der Waals surface area contributed by atoms with E-state index < -0.39 is 0 Å². The van der Waals surface area contributed by atoms with Crippen LogP contribution in [0.25, 0.3) is 0 Å². The molecule has 4 heteroatoms. The molecule has 0 spiro atoms. The molecule has 0 atom stereocenters. The zero-order chi connectivity index (χ0) is 15.0. The van der Waals surface area contributed by atoms with Gasteiger partial charge in [-0.15, -0.1) is 0 Å². The maximum Gasteiger partial charge on any atom is 0.257 e. The zero-order valence-electron chi connectivity index (χ0n) is 13.0. The summed E-state index contributed by atoms with van der Waals surface area (Å²) in [5.41, 5.74) is 2.11. The molecule has 1 aromatic carbocycles. The second kappa shape index (κ2) is 8.59. The van der Waals surface area contributed by atoms with Gasteiger partial charge in [0.2, 0.25) is 0 Å². The number of hydrogen-bond acceptors (Lipinski definition) is 3. The lowest BCUT2D eigenvalue weighted by molar-refractivity contribution is -0.123. The highest BCUT2D eigenvalue weighted by atomic mass is 16.5. The molecule has 1 rings (SSSR count). The third kappa shape index (κ3) is 5.21. The van der Waals surface area contributed by atoms with Crippen LogP contribution in [0.5, 0.6) is 5.75 Å². The van der Waals surface area contributed by atoms with Gasteiger partial charge in [-0.05, 0) is 38.1 Å². The molecule has 0 aliphatic rings. The van der Waals surface area contributed by atoms with Crippen LogP contribution >= 0.6 is 0 Å². The molecule has 0 heterocycles. The minimum Gasteiger partial charge on any atom is -0.483 e. The Morgan fingerprint density at radius 3 is 2.35 bits per heavy atom. The Balaban J connectivity index is 2.33. The van der Waals surface area contributed by atoms with E-state index in [0.29, 0.717) is 6.54 Å². The molecule has 0 aliphatic carbocycles. The molecule has 20 heavy (non-hydrogen) atoms. The van der Waals surface area contributed by atoms with Gasteiger partial charge in [0, 0.05) is 13.1 Å². The Morgan fingerprint density at radius 1 is 1.20 bits per heavy atom. The molecule has 0 fully saturated rings. The quantitative estimate of drug-likeness (QED) is 0.792. The van der Waals surface area contributed by atoms with E-state index in [1.807, 2.05) is 32.0 Å². The number of amides is 1. The highest BCUT2D eigenvalue weighted by Crippen LogP contribution is 2.21. The normalized spacial score (nSPS) is 10.7. The Bertz CT molecular complexity index is 408. The van der Waals surface area contributed by atoms with Gasteiger partial charge in [0.1, 0.15) is 5.75 Å². The summed E-state index contributed by atoms with van der Waals surface area (Å²) in [7, 11) is 0. The van der Waals surface area contributed by atoms with Gasteiger partial charge in [0.05, 0.1) is 0 Å². The summed E-state index contributed by atoms with van der Waals surface area (Å²) < 4.78 is 5.61. The fourth-order valence-corrected chi connectivity index (χ4v) is 2.11. The lowest BCUT2D eigenvalue weighted by Crippen LogP contribution is -2.36. The molecule has 0 saturated heterocycles. The van der Waals surface area contributed by atoms with Crippen LogP contribution in [0.15, 0.2) is 18.2 Å². The summed E-state index contributed by atoms with van der Waals surface area (Å²) in [6.07, 6.45) is 0. The molecule has 0 saturated carbocycles. The summed E-state index contributed by atoms with van der Waals surface area (Å²) in [6, 6.07) is 5.96. The average Bonchev–Trinajstić information content (AvgIpc) is 2.43. The Morgan fingerprint density at radius 2 is 1.80 bits per heavy atom. The van der Waals surface area contributed by atoms with Gasteiger partial charge in [-0.2, -0.15) is 0 Å². The Labute approximate surface area is 122 Å². The first-order valence-corrected chi connectivity index (χ1v) is 7.26. The number of para-hydroxylation sites is 1. The fourth-order valence-electron chi connectivity index (χ4n) is 2.11. The van der Waals surface area contributed by atoms with E-state index in [2.05, 4.69) is 24.1 Å². The molecule has 1 aromatic rings. The van der Waals surface area contributed by atoms with Crippen molar-refractivity contribution in [2.24, 2.45) is 0 Å². The summed E-state index contributed by atoms with van der Waals surface area (Å²) in [6.45, 7) is 11.8. The van der Waals surface area contributed by atoms with Crippen molar-refractivity contribution in [3.63, 3.8) is 0 Å². The second-order valence-corrected chi connectivity index (χ2v) is 4.89. The van der Waals surface area contributed by atoms with Crippen molar-refractivity contribution in [1.82, 2.24) is 10.2 Å². The monoisotopic (exact) mass is 278 g/mol. The second-order valence-electron chi connectivity index (χ2n) is 4.89. The van der Waals surface area contributed by atoms with E-state index in [4.69, 9.17) is 4.74 Å². The highest BCUT2D eigenvalue weighted by molar-refractivity contribution is 5.77. The van der Waals surface area contributed by atoms with Crippen LogP contribution < -0.4 is 10.1 Å². The van der Waals surface area contributed by atoms with Crippen molar-refractivity contribution in [2.75, 3.05) is 32.8 Å². The van der Waals surface area contributed by atoms with Crippen LogP contribution in [-0.2, 0) is 4.79 Å². The first-order chi connectivity index (χ1) is 9.58. The van der Waals surface area contributed by atoms with Crippen LogP contribution in [0.4, 0.5) is 0 Å². The predicted molar refractivity (Wildman–Crippen MR) is 82.2 cm³/mol. The van der Waals surface area contributed by atoms with Crippen molar-refractivity contribution in [3.8, 4) is 5.75 Å². The van der Waals surface area contributed by atoms with E-state index in [1.165, 1.54) is 0 Å². The number of aryl methyl sites for hydroxylation is 2. The topological polar surface area (TPSA) is 41.6 Å². The van der Waals surface area contributed by atoms with Crippen molar-refractivity contribution < 1.29 is 9.53 Å². The molecule has 0 aromatic heterocycles. The lowest BCUT2D eigenvalue weighted by atomic mass is 10.1. The molecule has 1 N–H and O–H groups in total. The van der Waals surface area contributed by atoms with Gasteiger partial charge in [-0.3, -0.25) is 4.79 Å². The number of nitrogens with zero attached hydrogens (tertiary/aromatic N) is 1. The number of carbonyl (C=O) groups excluding carboxylic acids is 1. The SMILES string of the molecule is CCN(CC)CCNC(=O)COc1c(C)cccc1C. The van der Waals surface area contributed by atoms with Crippen molar-refractivity contribution in [3.05, 3.63) is 29.3 Å².